The zero-order valence-electron chi connectivity index (χ0n) is 20.4. The number of pyridine rings is 1. The number of aromatic hydroxyl groups is 1. The summed E-state index contributed by atoms with van der Waals surface area (Å²) in [6, 6.07) is 7.61. The van der Waals surface area contributed by atoms with E-state index in [2.05, 4.69) is 29.0 Å². The topological polar surface area (TPSA) is 129 Å². The van der Waals surface area contributed by atoms with Gasteiger partial charge in [-0.15, -0.1) is 0 Å². The van der Waals surface area contributed by atoms with Crippen molar-refractivity contribution in [2.45, 2.75) is 57.4 Å². The Balaban J connectivity index is 1.56. The number of primary amides is 1. The summed E-state index contributed by atoms with van der Waals surface area (Å²) in [5.74, 6) is 0.0505. The summed E-state index contributed by atoms with van der Waals surface area (Å²) in [6.07, 6.45) is 4.93. The van der Waals surface area contributed by atoms with E-state index in [0.29, 0.717) is 12.5 Å². The maximum absolute atomic E-state index is 12.9. The van der Waals surface area contributed by atoms with Crippen LogP contribution in [0.5, 0.6) is 5.75 Å². The lowest BCUT2D eigenvalue weighted by Gasteiger charge is -2.55. The number of benzene rings is 1. The van der Waals surface area contributed by atoms with E-state index < -0.39 is 17.4 Å². The molecular formula is C27H34N4O4. The molecule has 2 aromatic rings. The van der Waals surface area contributed by atoms with Crippen molar-refractivity contribution in [2.24, 2.45) is 17.6 Å². The average molecular weight is 479 g/mol. The number of aromatic amines is 1. The van der Waals surface area contributed by atoms with E-state index in [1.165, 1.54) is 12.8 Å². The molecule has 186 valence electrons. The molecule has 8 nitrogen and oxygen atoms in total. The molecule has 2 fully saturated rings. The normalized spacial score (nSPS) is 26.0. The number of phenols is 1. The Morgan fingerprint density at radius 3 is 2.77 bits per heavy atom. The molecule has 0 spiro atoms. The summed E-state index contributed by atoms with van der Waals surface area (Å²) in [7, 11) is 0. The fourth-order valence-corrected chi connectivity index (χ4v) is 6.43. The highest BCUT2D eigenvalue weighted by atomic mass is 16.3. The van der Waals surface area contributed by atoms with Crippen LogP contribution in [0.2, 0.25) is 0 Å². The van der Waals surface area contributed by atoms with Crippen molar-refractivity contribution in [3.8, 4) is 5.75 Å². The molecule has 1 aromatic heterocycles. The van der Waals surface area contributed by atoms with E-state index in [9.17, 15) is 19.5 Å². The number of hydrogen-bond acceptors (Lipinski definition) is 5. The standard InChI is InChI=1S/C27H34N4O4/c1-15-3-6-19(32)11-21(15)27-7-8-31(14-17-4-5-17)16(2)22(27)10-18-9-20(25(34)29-13-24(28)33)26(35)30-23(18)12-27/h3,6,9,11,16-17,22,32H,4-5,7-8,10,12-14H2,1-2H3,(H2,28,33)(H,29,34)(H,30,35)/t16-,22+,27-/m1/s1. The highest BCUT2D eigenvalue weighted by Crippen LogP contribution is 2.51. The molecule has 0 unspecified atom stereocenters. The Morgan fingerprint density at radius 2 is 2.06 bits per heavy atom. The summed E-state index contributed by atoms with van der Waals surface area (Å²) in [6.45, 7) is 6.18. The Morgan fingerprint density at radius 1 is 1.29 bits per heavy atom. The number of carbonyl (C=O) groups is 2. The summed E-state index contributed by atoms with van der Waals surface area (Å²) >= 11 is 0. The molecule has 1 aromatic carbocycles. The van der Waals surface area contributed by atoms with Gasteiger partial charge in [0.1, 0.15) is 11.3 Å². The van der Waals surface area contributed by atoms with Crippen molar-refractivity contribution in [3.05, 3.63) is 62.6 Å². The number of carbonyl (C=O) groups excluding carboxylic acids is 2. The SMILES string of the molecule is Cc1ccc(O)cc1[C@]12CCN(CC3CC3)[C@H](C)[C@@H]1Cc1cc(C(=O)NCC(N)=O)c(=O)[nH]c1C2. The minimum absolute atomic E-state index is 0.00401. The number of nitrogens with zero attached hydrogens (tertiary/aromatic N) is 1. The zero-order valence-corrected chi connectivity index (χ0v) is 20.4. The first-order chi connectivity index (χ1) is 16.7. The number of aryl methyl sites for hydroxylation is 1. The van der Waals surface area contributed by atoms with E-state index in [1.54, 1.807) is 12.1 Å². The Hall–Kier alpha value is -3.13. The maximum Gasteiger partial charge on any atom is 0.261 e. The molecular weight excluding hydrogens is 444 g/mol. The van der Waals surface area contributed by atoms with Gasteiger partial charge in [-0.1, -0.05) is 6.07 Å². The summed E-state index contributed by atoms with van der Waals surface area (Å²) in [4.78, 5) is 42.1. The highest BCUT2D eigenvalue weighted by molar-refractivity contribution is 5.96. The third kappa shape index (κ3) is 4.35. The second kappa shape index (κ2) is 8.82. The monoisotopic (exact) mass is 478 g/mol. The van der Waals surface area contributed by atoms with Crippen molar-refractivity contribution >= 4 is 11.8 Å². The summed E-state index contributed by atoms with van der Waals surface area (Å²) < 4.78 is 0. The van der Waals surface area contributed by atoms with Crippen LogP contribution >= 0.6 is 0 Å². The molecule has 35 heavy (non-hydrogen) atoms. The number of aromatic nitrogens is 1. The number of amides is 2. The number of phenolic OH excluding ortho intramolecular Hbond substituents is 1. The number of nitrogens with two attached hydrogens (primary N) is 1. The molecule has 2 aliphatic carbocycles. The van der Waals surface area contributed by atoms with Gasteiger partial charge in [0, 0.05) is 23.7 Å². The molecule has 5 rings (SSSR count). The van der Waals surface area contributed by atoms with Crippen LogP contribution in [-0.4, -0.2) is 52.5 Å². The van der Waals surface area contributed by atoms with Gasteiger partial charge in [-0.3, -0.25) is 14.4 Å². The molecule has 1 aliphatic heterocycles. The second-order valence-corrected chi connectivity index (χ2v) is 10.7. The third-order valence-corrected chi connectivity index (χ3v) is 8.48. The van der Waals surface area contributed by atoms with Crippen LogP contribution in [0.3, 0.4) is 0 Å². The van der Waals surface area contributed by atoms with E-state index in [0.717, 1.165) is 54.2 Å². The van der Waals surface area contributed by atoms with E-state index in [-0.39, 0.29) is 29.2 Å². The fourth-order valence-electron chi connectivity index (χ4n) is 6.43. The number of nitrogens with one attached hydrogen (secondary N) is 2. The molecule has 8 heteroatoms. The van der Waals surface area contributed by atoms with Crippen molar-refractivity contribution in [1.29, 1.82) is 0 Å². The van der Waals surface area contributed by atoms with Crippen molar-refractivity contribution in [2.75, 3.05) is 19.6 Å². The van der Waals surface area contributed by atoms with Crippen molar-refractivity contribution < 1.29 is 14.7 Å². The van der Waals surface area contributed by atoms with Gasteiger partial charge in [0.2, 0.25) is 5.91 Å². The van der Waals surface area contributed by atoms with Crippen molar-refractivity contribution in [1.82, 2.24) is 15.2 Å². The Labute approximate surface area is 204 Å². The van der Waals surface area contributed by atoms with Crippen LogP contribution in [0, 0.1) is 18.8 Å². The fraction of sp³-hybridized carbons (Fsp3) is 0.519. The number of H-pyrrole nitrogens is 1. The first-order valence-electron chi connectivity index (χ1n) is 12.5. The summed E-state index contributed by atoms with van der Waals surface area (Å²) in [5.41, 5.74) is 8.57. The molecule has 3 aliphatic rings. The first-order valence-corrected chi connectivity index (χ1v) is 12.5. The van der Waals surface area contributed by atoms with Gasteiger partial charge in [-0.05, 0) is 99.2 Å². The van der Waals surface area contributed by atoms with Crippen molar-refractivity contribution in [3.63, 3.8) is 0 Å². The van der Waals surface area contributed by atoms with Gasteiger partial charge < -0.3 is 26.0 Å². The van der Waals surface area contributed by atoms with Gasteiger partial charge in [0.05, 0.1) is 6.54 Å². The number of piperidine rings is 1. The summed E-state index contributed by atoms with van der Waals surface area (Å²) in [5, 5.41) is 12.8. The molecule has 0 radical (unpaired) electrons. The average Bonchev–Trinajstić information content (AvgIpc) is 3.64. The number of fused-ring (bicyclic) bond motifs is 2. The third-order valence-electron chi connectivity index (χ3n) is 8.48. The van der Waals surface area contributed by atoms with Crippen LogP contribution < -0.4 is 16.6 Å². The Bertz CT molecular complexity index is 1230. The number of likely N-dealkylation sites (tertiary alicyclic amines) is 1. The van der Waals surface area contributed by atoms with E-state index in [1.807, 2.05) is 12.1 Å². The lowest BCUT2D eigenvalue weighted by molar-refractivity contribution is -0.117. The minimum Gasteiger partial charge on any atom is -0.508 e. The zero-order chi connectivity index (χ0) is 24.9. The van der Waals surface area contributed by atoms with Crippen LogP contribution in [0.15, 0.2) is 29.1 Å². The smallest absolute Gasteiger partial charge is 0.261 e. The largest absolute Gasteiger partial charge is 0.508 e. The number of hydrogen-bond donors (Lipinski definition) is 4. The van der Waals surface area contributed by atoms with Gasteiger partial charge in [0.25, 0.3) is 11.5 Å². The minimum atomic E-state index is -0.661. The molecule has 0 bridgehead atoms. The first kappa shape index (κ1) is 23.6. The van der Waals surface area contributed by atoms with Crippen LogP contribution in [0.1, 0.15) is 58.9 Å². The molecule has 5 N–H and O–H groups in total. The second-order valence-electron chi connectivity index (χ2n) is 10.7. The van der Waals surface area contributed by atoms with E-state index in [4.69, 9.17) is 5.73 Å². The predicted octanol–water partition coefficient (Wildman–Crippen LogP) is 1.76. The lowest BCUT2D eigenvalue weighted by Crippen LogP contribution is -2.59. The lowest BCUT2D eigenvalue weighted by atomic mass is 9.55. The van der Waals surface area contributed by atoms with Crippen LogP contribution in [0.25, 0.3) is 0 Å². The molecule has 1 saturated heterocycles. The molecule has 3 atom stereocenters. The predicted molar refractivity (Wildman–Crippen MR) is 132 cm³/mol. The van der Waals surface area contributed by atoms with Gasteiger partial charge in [-0.2, -0.15) is 0 Å². The van der Waals surface area contributed by atoms with Gasteiger partial charge in [-0.25, -0.2) is 0 Å². The van der Waals surface area contributed by atoms with Gasteiger partial charge >= 0.3 is 0 Å². The quantitative estimate of drug-likeness (QED) is 0.503. The molecule has 1 saturated carbocycles. The number of rotatable bonds is 6. The maximum atomic E-state index is 12.9. The molecule has 2 amide bonds. The Kier molecular flexibility index (Phi) is 5.95. The highest BCUT2D eigenvalue weighted by Gasteiger charge is 2.51. The van der Waals surface area contributed by atoms with Crippen LogP contribution in [0.4, 0.5) is 0 Å². The van der Waals surface area contributed by atoms with Gasteiger partial charge in [0.15, 0.2) is 0 Å². The van der Waals surface area contributed by atoms with Crippen LogP contribution in [-0.2, 0) is 23.1 Å². The van der Waals surface area contributed by atoms with E-state index >= 15 is 0 Å². The molecule has 2 heterocycles.